The van der Waals surface area contributed by atoms with Gasteiger partial charge >= 0.3 is 0 Å². The molecule has 0 bridgehead atoms. The van der Waals surface area contributed by atoms with Gasteiger partial charge in [0.25, 0.3) is 0 Å². The summed E-state index contributed by atoms with van der Waals surface area (Å²) in [7, 11) is -3.71. The van der Waals surface area contributed by atoms with Crippen molar-refractivity contribution in [2.45, 2.75) is 24.3 Å². The Morgan fingerprint density at radius 3 is 3.04 bits per heavy atom. The number of hydrogen-bond donors (Lipinski definition) is 1. The van der Waals surface area contributed by atoms with Crippen molar-refractivity contribution in [3.05, 3.63) is 36.4 Å². The molecule has 144 valence electrons. The minimum absolute atomic E-state index is 0.158. The van der Waals surface area contributed by atoms with Crippen molar-refractivity contribution in [1.29, 1.82) is 0 Å². The fraction of sp³-hybridized carbons (Fsp3) is 0.312. The molecule has 0 spiro atoms. The molecule has 10 nitrogen and oxygen atoms in total. The third-order valence-corrected chi connectivity index (χ3v) is 6.92. The lowest BCUT2D eigenvalue weighted by molar-refractivity contribution is 0.562. The Balaban J connectivity index is 1.40. The van der Waals surface area contributed by atoms with Gasteiger partial charge in [0.1, 0.15) is 21.8 Å². The summed E-state index contributed by atoms with van der Waals surface area (Å²) in [4.78, 5) is 6.62. The fourth-order valence-electron chi connectivity index (χ4n) is 3.48. The number of benzene rings is 1. The van der Waals surface area contributed by atoms with Gasteiger partial charge in [-0.2, -0.15) is 8.75 Å². The van der Waals surface area contributed by atoms with Crippen LogP contribution in [0, 0.1) is 6.92 Å². The first kappa shape index (κ1) is 17.4. The molecule has 3 aromatic heterocycles. The van der Waals surface area contributed by atoms with E-state index in [2.05, 4.69) is 28.7 Å². The van der Waals surface area contributed by atoms with Crippen LogP contribution in [0.1, 0.15) is 12.2 Å². The van der Waals surface area contributed by atoms with E-state index in [-0.39, 0.29) is 10.9 Å². The third kappa shape index (κ3) is 2.80. The summed E-state index contributed by atoms with van der Waals surface area (Å²) in [5, 5.41) is 8.29. The van der Waals surface area contributed by atoms with Gasteiger partial charge in [0.2, 0.25) is 15.7 Å². The first-order valence-electron chi connectivity index (χ1n) is 8.68. The van der Waals surface area contributed by atoms with Crippen molar-refractivity contribution in [2.24, 2.45) is 0 Å². The molecule has 0 aliphatic carbocycles. The van der Waals surface area contributed by atoms with Crippen molar-refractivity contribution in [3.63, 3.8) is 0 Å². The highest BCUT2D eigenvalue weighted by Gasteiger charge is 2.30. The van der Waals surface area contributed by atoms with Crippen LogP contribution in [0.2, 0.25) is 0 Å². The molecule has 1 saturated heterocycles. The van der Waals surface area contributed by atoms with E-state index in [0.29, 0.717) is 42.0 Å². The number of rotatable bonds is 4. The lowest BCUT2D eigenvalue weighted by Gasteiger charge is -2.18. The maximum Gasteiger partial charge on any atom is 0.243 e. The summed E-state index contributed by atoms with van der Waals surface area (Å²) in [5.41, 5.74) is 1.65. The molecule has 1 atom stereocenters. The van der Waals surface area contributed by atoms with Gasteiger partial charge in [-0.3, -0.25) is 4.40 Å². The molecule has 0 radical (unpaired) electrons. The van der Waals surface area contributed by atoms with Crippen LogP contribution in [0.5, 0.6) is 0 Å². The van der Waals surface area contributed by atoms with Crippen LogP contribution in [0.3, 0.4) is 0 Å². The molecule has 5 rings (SSSR count). The van der Waals surface area contributed by atoms with E-state index in [1.807, 2.05) is 22.4 Å². The summed E-state index contributed by atoms with van der Waals surface area (Å²) < 4.78 is 38.8. The second-order valence-electron chi connectivity index (χ2n) is 6.63. The summed E-state index contributed by atoms with van der Waals surface area (Å²) in [6, 6.07) is 4.75. The van der Waals surface area contributed by atoms with Crippen molar-refractivity contribution in [3.8, 4) is 0 Å². The molecule has 1 fully saturated rings. The van der Waals surface area contributed by atoms with Crippen LogP contribution in [-0.4, -0.2) is 55.9 Å². The topological polar surface area (TPSA) is 118 Å². The average Bonchev–Trinajstić information content (AvgIpc) is 3.41. The number of fused-ring (bicyclic) bond motifs is 2. The predicted octanol–water partition coefficient (Wildman–Crippen LogP) is 0.995. The maximum absolute atomic E-state index is 12.9. The number of sulfonamides is 1. The van der Waals surface area contributed by atoms with Crippen molar-refractivity contribution >= 4 is 44.2 Å². The smallest absolute Gasteiger partial charge is 0.243 e. The number of aryl methyl sites for hydroxylation is 1. The highest BCUT2D eigenvalue weighted by Crippen LogP contribution is 2.25. The minimum Gasteiger partial charge on any atom is -0.352 e. The Labute approximate surface area is 164 Å². The van der Waals surface area contributed by atoms with Crippen molar-refractivity contribution < 1.29 is 8.42 Å². The molecule has 1 aromatic carbocycles. The van der Waals surface area contributed by atoms with Gasteiger partial charge in [-0.15, -0.1) is 10.2 Å². The summed E-state index contributed by atoms with van der Waals surface area (Å²) in [6.45, 7) is 3.05. The molecule has 4 heterocycles. The Morgan fingerprint density at radius 2 is 2.14 bits per heavy atom. The maximum atomic E-state index is 12.9. The molecule has 4 aromatic rings. The van der Waals surface area contributed by atoms with Gasteiger partial charge in [-0.05, 0) is 25.5 Å². The highest BCUT2D eigenvalue weighted by molar-refractivity contribution is 7.89. The van der Waals surface area contributed by atoms with Crippen LogP contribution < -0.4 is 9.62 Å². The Kier molecular flexibility index (Phi) is 4.00. The minimum atomic E-state index is -3.71. The second kappa shape index (κ2) is 6.43. The molecule has 28 heavy (non-hydrogen) atoms. The third-order valence-electron chi connectivity index (χ3n) is 4.83. The van der Waals surface area contributed by atoms with Gasteiger partial charge in [0.15, 0.2) is 5.82 Å². The lowest BCUT2D eigenvalue weighted by atomic mass is 10.3. The molecule has 1 aliphatic heterocycles. The van der Waals surface area contributed by atoms with E-state index in [4.69, 9.17) is 0 Å². The van der Waals surface area contributed by atoms with Crippen LogP contribution in [0.4, 0.5) is 5.82 Å². The highest BCUT2D eigenvalue weighted by atomic mass is 32.2. The van der Waals surface area contributed by atoms with Gasteiger partial charge < -0.3 is 4.90 Å². The zero-order valence-electron chi connectivity index (χ0n) is 14.8. The molecule has 12 heteroatoms. The van der Waals surface area contributed by atoms with Crippen LogP contribution in [-0.2, 0) is 10.0 Å². The van der Waals surface area contributed by atoms with E-state index >= 15 is 0 Å². The van der Waals surface area contributed by atoms with Crippen molar-refractivity contribution in [1.82, 2.24) is 33.1 Å². The normalized spacial score (nSPS) is 17.8. The zero-order valence-corrected chi connectivity index (χ0v) is 16.5. The quantitative estimate of drug-likeness (QED) is 0.523. The van der Waals surface area contributed by atoms with E-state index in [9.17, 15) is 8.42 Å². The van der Waals surface area contributed by atoms with Gasteiger partial charge in [0, 0.05) is 31.5 Å². The summed E-state index contributed by atoms with van der Waals surface area (Å²) in [6.07, 6.45) is 4.18. The zero-order chi connectivity index (χ0) is 19.3. The molecular formula is C16H16N8O2S2. The molecule has 0 saturated carbocycles. The SMILES string of the molecule is Cc1nnc2c(N3CC[C@H](NS(=O)(=O)c4cccc5nsnc45)C3)nccn12. The van der Waals surface area contributed by atoms with Crippen LogP contribution in [0.25, 0.3) is 16.7 Å². The van der Waals surface area contributed by atoms with Gasteiger partial charge in [0.05, 0.1) is 11.7 Å². The average molecular weight is 416 g/mol. The van der Waals surface area contributed by atoms with E-state index in [1.165, 1.54) is 0 Å². The van der Waals surface area contributed by atoms with E-state index < -0.39 is 10.0 Å². The molecule has 0 amide bonds. The van der Waals surface area contributed by atoms with Crippen LogP contribution >= 0.6 is 11.7 Å². The fourth-order valence-corrected chi connectivity index (χ4v) is 5.51. The molecular weight excluding hydrogens is 400 g/mol. The van der Waals surface area contributed by atoms with Crippen molar-refractivity contribution in [2.75, 3.05) is 18.0 Å². The number of nitrogens with one attached hydrogen (secondary N) is 1. The summed E-state index contributed by atoms with van der Waals surface area (Å²) in [5.74, 6) is 1.48. The number of hydrogen-bond acceptors (Lipinski definition) is 9. The number of nitrogens with zero attached hydrogens (tertiary/aromatic N) is 7. The molecule has 0 unspecified atom stereocenters. The number of aromatic nitrogens is 6. The Morgan fingerprint density at radius 1 is 1.25 bits per heavy atom. The second-order valence-corrected chi connectivity index (χ2v) is 8.84. The first-order valence-corrected chi connectivity index (χ1v) is 10.9. The van der Waals surface area contributed by atoms with E-state index in [1.54, 1.807) is 24.4 Å². The van der Waals surface area contributed by atoms with Crippen LogP contribution in [0.15, 0.2) is 35.5 Å². The Bertz CT molecular complexity index is 1280. The number of anilines is 1. The van der Waals surface area contributed by atoms with Gasteiger partial charge in [-0.25, -0.2) is 18.1 Å². The molecule has 1 aliphatic rings. The lowest BCUT2D eigenvalue weighted by Crippen LogP contribution is -2.37. The first-order chi connectivity index (χ1) is 13.5. The standard InChI is InChI=1S/C16H16N8O2S2/c1-10-18-19-16-15(17-6-8-24(10)16)23-7-5-11(9-23)22-28(25,26)13-4-2-3-12-14(13)21-27-20-12/h2-4,6,8,11,22H,5,7,9H2,1H3/t11-/m0/s1. The van der Waals surface area contributed by atoms with Gasteiger partial charge in [-0.1, -0.05) is 6.07 Å². The van der Waals surface area contributed by atoms with E-state index in [0.717, 1.165) is 17.6 Å². The summed E-state index contributed by atoms with van der Waals surface area (Å²) >= 11 is 1.00. The largest absolute Gasteiger partial charge is 0.352 e. The predicted molar refractivity (Wildman–Crippen MR) is 104 cm³/mol. The monoisotopic (exact) mass is 416 g/mol. The molecule has 1 N–H and O–H groups in total. The Hall–Kier alpha value is -2.70.